The lowest BCUT2D eigenvalue weighted by atomic mass is 9.78. The molecule has 1 atom stereocenters. The number of fused-ring (bicyclic) bond motifs is 4. The number of benzene rings is 2. The summed E-state index contributed by atoms with van der Waals surface area (Å²) < 4.78 is 11.8. The van der Waals surface area contributed by atoms with Crippen LogP contribution in [0, 0.1) is 0 Å². The van der Waals surface area contributed by atoms with Gasteiger partial charge in [0.2, 0.25) is 5.16 Å². The van der Waals surface area contributed by atoms with E-state index >= 15 is 0 Å². The van der Waals surface area contributed by atoms with E-state index in [1.807, 2.05) is 6.07 Å². The van der Waals surface area contributed by atoms with Crippen molar-refractivity contribution < 1.29 is 4.21 Å². The molecule has 0 saturated carbocycles. The molecule has 0 spiro atoms. The van der Waals surface area contributed by atoms with Gasteiger partial charge >= 0.3 is 0 Å². The van der Waals surface area contributed by atoms with Crippen molar-refractivity contribution in [3.63, 3.8) is 0 Å². The van der Waals surface area contributed by atoms with Crippen LogP contribution < -0.4 is 0 Å². The number of aromatic nitrogens is 2. The fourth-order valence-corrected chi connectivity index (χ4v) is 4.98. The fourth-order valence-electron chi connectivity index (χ4n) is 4.53. The maximum absolute atomic E-state index is 11.8. The Morgan fingerprint density at radius 3 is 2.89 bits per heavy atom. The van der Waals surface area contributed by atoms with Crippen LogP contribution in [0.25, 0.3) is 16.3 Å². The highest BCUT2D eigenvalue weighted by Gasteiger charge is 2.21. The Hall–Kier alpha value is -2.59. The first-order chi connectivity index (χ1) is 13.7. The van der Waals surface area contributed by atoms with Gasteiger partial charge in [0.15, 0.2) is 0 Å². The maximum Gasteiger partial charge on any atom is 0.218 e. The molecule has 1 heterocycles. The van der Waals surface area contributed by atoms with E-state index in [0.29, 0.717) is 5.16 Å². The van der Waals surface area contributed by atoms with Gasteiger partial charge in [-0.2, -0.15) is 0 Å². The van der Waals surface area contributed by atoms with Gasteiger partial charge in [-0.3, -0.25) is 4.21 Å². The van der Waals surface area contributed by atoms with Gasteiger partial charge in [0.1, 0.15) is 0 Å². The third-order valence-corrected chi connectivity index (χ3v) is 6.52. The number of aryl methyl sites for hydroxylation is 1. The van der Waals surface area contributed by atoms with E-state index in [9.17, 15) is 4.21 Å². The molecule has 1 aromatic heterocycles. The molecule has 140 valence electrons. The standard InChI is InChI=1S/C24H22N2OS/c1-28(27)24-25-14-13-19(26-24)15-18-7-4-6-17-10-11-21-20-8-3-2-5-16(20)9-12-22(21)23(17)18/h3-4,6-8,10-11,13-14H,2,5,9,12,15H2,1H3. The van der Waals surface area contributed by atoms with E-state index < -0.39 is 10.8 Å². The maximum atomic E-state index is 11.8. The zero-order valence-corrected chi connectivity index (χ0v) is 16.8. The Balaban J connectivity index is 1.65. The lowest BCUT2D eigenvalue weighted by Crippen LogP contribution is -2.08. The van der Waals surface area contributed by atoms with Crippen molar-refractivity contribution in [3.05, 3.63) is 82.7 Å². The molecule has 0 aliphatic heterocycles. The molecular weight excluding hydrogens is 364 g/mol. The summed E-state index contributed by atoms with van der Waals surface area (Å²) in [6, 6.07) is 13.0. The van der Waals surface area contributed by atoms with E-state index in [1.54, 1.807) is 18.0 Å². The zero-order valence-electron chi connectivity index (χ0n) is 15.9. The third-order valence-electron chi connectivity index (χ3n) is 5.80. The van der Waals surface area contributed by atoms with E-state index in [-0.39, 0.29) is 0 Å². The van der Waals surface area contributed by atoms with Gasteiger partial charge in [-0.15, -0.1) is 0 Å². The molecule has 3 nitrogen and oxygen atoms in total. The first kappa shape index (κ1) is 17.5. The van der Waals surface area contributed by atoms with Crippen LogP contribution in [0.1, 0.15) is 41.6 Å². The monoisotopic (exact) mass is 386 g/mol. The molecule has 2 aliphatic rings. The van der Waals surface area contributed by atoms with Gasteiger partial charge < -0.3 is 0 Å². The Morgan fingerprint density at radius 2 is 2.00 bits per heavy atom. The third kappa shape index (κ3) is 3.02. The lowest BCUT2D eigenvalue weighted by molar-refractivity contribution is 0.678. The van der Waals surface area contributed by atoms with Crippen molar-refractivity contribution in [1.29, 1.82) is 0 Å². The van der Waals surface area contributed by atoms with Gasteiger partial charge in [0, 0.05) is 24.6 Å². The summed E-state index contributed by atoms with van der Waals surface area (Å²) in [4.78, 5) is 8.65. The van der Waals surface area contributed by atoms with E-state index in [0.717, 1.165) is 25.0 Å². The van der Waals surface area contributed by atoms with Crippen LogP contribution in [-0.2, 0) is 23.6 Å². The summed E-state index contributed by atoms with van der Waals surface area (Å²) in [6.07, 6.45) is 13.3. The predicted octanol–water partition coefficient (Wildman–Crippen LogP) is 5.01. The number of rotatable bonds is 3. The summed E-state index contributed by atoms with van der Waals surface area (Å²) in [6.45, 7) is 0. The quantitative estimate of drug-likeness (QED) is 0.595. The number of hydrogen-bond donors (Lipinski definition) is 0. The van der Waals surface area contributed by atoms with E-state index in [1.165, 1.54) is 45.9 Å². The summed E-state index contributed by atoms with van der Waals surface area (Å²) in [5.41, 5.74) is 8.11. The highest BCUT2D eigenvalue weighted by Crippen LogP contribution is 2.40. The highest BCUT2D eigenvalue weighted by atomic mass is 32.2. The molecule has 0 saturated heterocycles. The molecule has 2 aliphatic carbocycles. The highest BCUT2D eigenvalue weighted by molar-refractivity contribution is 7.84. The summed E-state index contributed by atoms with van der Waals surface area (Å²) in [5.74, 6) is 0. The average molecular weight is 387 g/mol. The van der Waals surface area contributed by atoms with Crippen LogP contribution in [0.2, 0.25) is 0 Å². The Labute approximate surface area is 167 Å². The van der Waals surface area contributed by atoms with E-state index in [4.69, 9.17) is 0 Å². The van der Waals surface area contributed by atoms with Crippen molar-refractivity contribution in [2.45, 2.75) is 37.3 Å². The first-order valence-electron chi connectivity index (χ1n) is 9.78. The minimum atomic E-state index is -1.17. The molecule has 4 heteroatoms. The summed E-state index contributed by atoms with van der Waals surface area (Å²) in [7, 11) is -1.17. The van der Waals surface area contributed by atoms with Gasteiger partial charge in [0.05, 0.1) is 10.8 Å². The summed E-state index contributed by atoms with van der Waals surface area (Å²) in [5, 5.41) is 3.05. The molecule has 5 rings (SSSR count). The first-order valence-corrected chi connectivity index (χ1v) is 11.3. The number of nitrogens with zero attached hydrogens (tertiary/aromatic N) is 2. The smallest absolute Gasteiger partial charge is 0.218 e. The molecule has 3 aromatic rings. The van der Waals surface area contributed by atoms with Crippen molar-refractivity contribution in [2.75, 3.05) is 6.26 Å². The number of hydrogen-bond acceptors (Lipinski definition) is 3. The van der Waals surface area contributed by atoms with Crippen molar-refractivity contribution in [1.82, 2.24) is 9.97 Å². The molecular formula is C24H22N2OS. The van der Waals surface area contributed by atoms with Gasteiger partial charge in [-0.25, -0.2) is 9.97 Å². The summed E-state index contributed by atoms with van der Waals surface area (Å²) >= 11 is 0. The van der Waals surface area contributed by atoms with Crippen LogP contribution in [0.15, 0.2) is 65.5 Å². The number of allylic oxidation sites excluding steroid dienone is 4. The lowest BCUT2D eigenvalue weighted by Gasteiger charge is -2.26. The molecule has 0 amide bonds. The molecule has 0 N–H and O–H groups in total. The topological polar surface area (TPSA) is 42.9 Å². The molecule has 1 unspecified atom stereocenters. The van der Waals surface area contributed by atoms with Crippen molar-refractivity contribution in [2.24, 2.45) is 0 Å². The van der Waals surface area contributed by atoms with Crippen molar-refractivity contribution >= 4 is 27.1 Å². The second-order valence-electron chi connectivity index (χ2n) is 7.53. The molecule has 0 radical (unpaired) electrons. The fraction of sp³-hybridized carbons (Fsp3) is 0.250. The molecule has 28 heavy (non-hydrogen) atoms. The van der Waals surface area contributed by atoms with Gasteiger partial charge in [0.25, 0.3) is 0 Å². The SMILES string of the molecule is CS(=O)c1nccc(Cc2cccc3ccc4c(c23)CCC2=C4C=CCC2)n1. The normalized spacial score (nSPS) is 16.8. The second-order valence-corrected chi connectivity index (χ2v) is 8.80. The largest absolute Gasteiger partial charge is 0.251 e. The van der Waals surface area contributed by atoms with Crippen LogP contribution in [0.5, 0.6) is 0 Å². The Kier molecular flexibility index (Phi) is 4.44. The minimum Gasteiger partial charge on any atom is -0.251 e. The van der Waals surface area contributed by atoms with Crippen molar-refractivity contribution in [3.8, 4) is 0 Å². The van der Waals surface area contributed by atoms with Gasteiger partial charge in [-0.1, -0.05) is 48.1 Å². The minimum absolute atomic E-state index is 0.405. The average Bonchev–Trinajstić information content (AvgIpc) is 2.73. The molecule has 2 aromatic carbocycles. The Morgan fingerprint density at radius 1 is 1.07 bits per heavy atom. The predicted molar refractivity (Wildman–Crippen MR) is 115 cm³/mol. The Bertz CT molecular complexity index is 1180. The van der Waals surface area contributed by atoms with E-state index in [2.05, 4.69) is 52.5 Å². The van der Waals surface area contributed by atoms with Gasteiger partial charge in [-0.05, 0) is 64.8 Å². The second kappa shape index (κ2) is 7.10. The van der Waals surface area contributed by atoms with Crippen LogP contribution in [-0.4, -0.2) is 20.4 Å². The van der Waals surface area contributed by atoms with Crippen LogP contribution in [0.3, 0.4) is 0 Å². The zero-order chi connectivity index (χ0) is 19.1. The van der Waals surface area contributed by atoms with Crippen LogP contribution in [0.4, 0.5) is 0 Å². The molecule has 0 bridgehead atoms. The van der Waals surface area contributed by atoms with Crippen LogP contribution >= 0.6 is 0 Å². The molecule has 0 fully saturated rings.